The lowest BCUT2D eigenvalue weighted by atomic mass is 10.0. The molecule has 0 radical (unpaired) electrons. The van der Waals surface area contributed by atoms with Crippen LogP contribution in [-0.2, 0) is 0 Å². The van der Waals surface area contributed by atoms with E-state index in [1.807, 2.05) is 13.0 Å². The van der Waals surface area contributed by atoms with Crippen molar-refractivity contribution in [1.29, 1.82) is 0 Å². The van der Waals surface area contributed by atoms with Crippen LogP contribution in [0.15, 0.2) is 28.7 Å². The second-order valence-electron chi connectivity index (χ2n) is 4.11. The summed E-state index contributed by atoms with van der Waals surface area (Å²) in [6.07, 6.45) is 0. The van der Waals surface area contributed by atoms with Crippen molar-refractivity contribution < 1.29 is 0 Å². The summed E-state index contributed by atoms with van der Waals surface area (Å²) in [6, 6.07) is 8.14. The van der Waals surface area contributed by atoms with Crippen molar-refractivity contribution in [2.75, 3.05) is 0 Å². The van der Waals surface area contributed by atoms with Crippen LogP contribution in [0.4, 0.5) is 0 Å². The molecule has 2 aromatic rings. The van der Waals surface area contributed by atoms with E-state index in [1.54, 1.807) is 11.3 Å². The van der Waals surface area contributed by atoms with E-state index in [-0.39, 0.29) is 6.04 Å². The third kappa shape index (κ3) is 2.74. The van der Waals surface area contributed by atoms with Gasteiger partial charge in [-0.25, -0.2) is 0 Å². The molecule has 1 aromatic carbocycles. The van der Waals surface area contributed by atoms with Crippen LogP contribution in [0.2, 0.25) is 4.34 Å². The molecule has 17 heavy (non-hydrogen) atoms. The van der Waals surface area contributed by atoms with Gasteiger partial charge in [-0.1, -0.05) is 45.2 Å². The SMILES string of the molecule is Cc1ccc(Br)c(C(N)c2cc(C)c(Cl)s2)c1. The third-order valence-corrected chi connectivity index (χ3v) is 5.03. The Morgan fingerprint density at radius 3 is 2.59 bits per heavy atom. The summed E-state index contributed by atoms with van der Waals surface area (Å²) in [4.78, 5) is 1.10. The standard InChI is InChI=1S/C13H13BrClNS/c1-7-3-4-10(14)9(5-7)12(16)11-6-8(2)13(15)17-11/h3-6,12H,16H2,1-2H3. The van der Waals surface area contributed by atoms with Crippen molar-refractivity contribution in [3.63, 3.8) is 0 Å². The third-order valence-electron chi connectivity index (χ3n) is 2.67. The van der Waals surface area contributed by atoms with Crippen LogP contribution >= 0.6 is 38.9 Å². The number of hydrogen-bond acceptors (Lipinski definition) is 2. The summed E-state index contributed by atoms with van der Waals surface area (Å²) >= 11 is 11.2. The molecule has 1 aromatic heterocycles. The zero-order chi connectivity index (χ0) is 12.6. The summed E-state index contributed by atoms with van der Waals surface area (Å²) in [5.41, 5.74) is 9.69. The lowest BCUT2D eigenvalue weighted by molar-refractivity contribution is 0.884. The first-order chi connectivity index (χ1) is 7.99. The fourth-order valence-electron chi connectivity index (χ4n) is 1.69. The average molecular weight is 331 g/mol. The average Bonchev–Trinajstić information content (AvgIpc) is 2.62. The van der Waals surface area contributed by atoms with Crippen molar-refractivity contribution >= 4 is 38.9 Å². The highest BCUT2D eigenvalue weighted by molar-refractivity contribution is 9.10. The van der Waals surface area contributed by atoms with Crippen molar-refractivity contribution in [3.05, 3.63) is 54.6 Å². The molecular weight excluding hydrogens is 318 g/mol. The van der Waals surface area contributed by atoms with Gasteiger partial charge in [-0.2, -0.15) is 0 Å². The Balaban J connectivity index is 2.42. The number of thiophene rings is 1. The Bertz CT molecular complexity index is 531. The predicted molar refractivity (Wildman–Crippen MR) is 79.0 cm³/mol. The van der Waals surface area contributed by atoms with Crippen LogP contribution in [0, 0.1) is 13.8 Å². The maximum atomic E-state index is 6.29. The van der Waals surface area contributed by atoms with Gasteiger partial charge >= 0.3 is 0 Å². The zero-order valence-corrected chi connectivity index (χ0v) is 12.8. The van der Waals surface area contributed by atoms with E-state index < -0.39 is 0 Å². The number of benzene rings is 1. The molecule has 90 valence electrons. The molecule has 1 unspecified atom stereocenters. The number of aryl methyl sites for hydroxylation is 2. The quantitative estimate of drug-likeness (QED) is 0.838. The van der Waals surface area contributed by atoms with Crippen LogP contribution in [0.3, 0.4) is 0 Å². The molecule has 0 amide bonds. The molecule has 4 heteroatoms. The number of halogens is 2. The molecule has 0 spiro atoms. The van der Waals surface area contributed by atoms with E-state index in [2.05, 4.69) is 41.1 Å². The van der Waals surface area contributed by atoms with Crippen molar-refractivity contribution in [2.24, 2.45) is 5.73 Å². The Labute approximate surface area is 119 Å². The van der Waals surface area contributed by atoms with Crippen molar-refractivity contribution in [1.82, 2.24) is 0 Å². The van der Waals surface area contributed by atoms with Gasteiger partial charge in [0.15, 0.2) is 0 Å². The molecule has 0 bridgehead atoms. The van der Waals surface area contributed by atoms with Gasteiger partial charge in [-0.3, -0.25) is 0 Å². The first kappa shape index (κ1) is 13.1. The lowest BCUT2D eigenvalue weighted by Crippen LogP contribution is -2.11. The van der Waals surface area contributed by atoms with Gasteiger partial charge in [0.1, 0.15) is 0 Å². The largest absolute Gasteiger partial charge is 0.320 e. The molecule has 0 saturated carbocycles. The summed E-state index contributed by atoms with van der Waals surface area (Å²) in [5.74, 6) is 0. The fraction of sp³-hybridized carbons (Fsp3) is 0.231. The number of rotatable bonds is 2. The summed E-state index contributed by atoms with van der Waals surface area (Å²) in [6.45, 7) is 4.07. The second kappa shape index (κ2) is 5.11. The fourth-order valence-corrected chi connectivity index (χ4v) is 3.42. The topological polar surface area (TPSA) is 26.0 Å². The molecule has 0 fully saturated rings. The molecule has 2 rings (SSSR count). The first-order valence-electron chi connectivity index (χ1n) is 5.26. The summed E-state index contributed by atoms with van der Waals surface area (Å²) in [5, 5.41) is 0. The Morgan fingerprint density at radius 2 is 2.00 bits per heavy atom. The van der Waals surface area contributed by atoms with Gasteiger partial charge in [-0.05, 0) is 37.1 Å². The predicted octanol–water partition coefficient (Wildman–Crippen LogP) is 4.83. The molecule has 1 nitrogen and oxygen atoms in total. The lowest BCUT2D eigenvalue weighted by Gasteiger charge is -2.13. The van der Waals surface area contributed by atoms with E-state index in [0.717, 1.165) is 24.8 Å². The molecular formula is C13H13BrClNS. The summed E-state index contributed by atoms with van der Waals surface area (Å²) < 4.78 is 1.86. The van der Waals surface area contributed by atoms with Gasteiger partial charge in [0.2, 0.25) is 0 Å². The van der Waals surface area contributed by atoms with Gasteiger partial charge < -0.3 is 5.73 Å². The number of nitrogens with two attached hydrogens (primary N) is 1. The minimum Gasteiger partial charge on any atom is -0.320 e. The van der Waals surface area contributed by atoms with Crippen molar-refractivity contribution in [2.45, 2.75) is 19.9 Å². The van der Waals surface area contributed by atoms with Crippen LogP contribution < -0.4 is 5.73 Å². The Morgan fingerprint density at radius 1 is 1.29 bits per heavy atom. The highest BCUT2D eigenvalue weighted by Gasteiger charge is 2.15. The molecule has 0 aliphatic carbocycles. The van der Waals surface area contributed by atoms with Gasteiger partial charge in [-0.15, -0.1) is 11.3 Å². The van der Waals surface area contributed by atoms with E-state index in [4.69, 9.17) is 17.3 Å². The molecule has 1 heterocycles. The van der Waals surface area contributed by atoms with Crippen LogP contribution in [0.1, 0.15) is 27.6 Å². The van der Waals surface area contributed by atoms with E-state index in [9.17, 15) is 0 Å². The molecule has 0 aliphatic rings. The van der Waals surface area contributed by atoms with E-state index in [1.165, 1.54) is 5.56 Å². The minimum atomic E-state index is -0.125. The van der Waals surface area contributed by atoms with Crippen LogP contribution in [-0.4, -0.2) is 0 Å². The van der Waals surface area contributed by atoms with Crippen LogP contribution in [0.5, 0.6) is 0 Å². The highest BCUT2D eigenvalue weighted by Crippen LogP contribution is 2.35. The molecule has 0 aliphatic heterocycles. The van der Waals surface area contributed by atoms with Gasteiger partial charge in [0.05, 0.1) is 10.4 Å². The monoisotopic (exact) mass is 329 g/mol. The van der Waals surface area contributed by atoms with E-state index in [0.29, 0.717) is 0 Å². The maximum Gasteiger partial charge on any atom is 0.0961 e. The molecule has 1 atom stereocenters. The maximum absolute atomic E-state index is 6.29. The van der Waals surface area contributed by atoms with Gasteiger partial charge in [0, 0.05) is 9.35 Å². The second-order valence-corrected chi connectivity index (χ2v) is 6.65. The molecule has 2 N–H and O–H groups in total. The van der Waals surface area contributed by atoms with E-state index >= 15 is 0 Å². The molecule has 0 saturated heterocycles. The smallest absolute Gasteiger partial charge is 0.0961 e. The Hall–Kier alpha value is -0.350. The van der Waals surface area contributed by atoms with Crippen LogP contribution in [0.25, 0.3) is 0 Å². The first-order valence-corrected chi connectivity index (χ1v) is 7.25. The zero-order valence-electron chi connectivity index (χ0n) is 9.63. The highest BCUT2D eigenvalue weighted by atomic mass is 79.9. The number of hydrogen-bond donors (Lipinski definition) is 1. The van der Waals surface area contributed by atoms with Gasteiger partial charge in [0.25, 0.3) is 0 Å². The summed E-state index contributed by atoms with van der Waals surface area (Å²) in [7, 11) is 0. The van der Waals surface area contributed by atoms with Crippen molar-refractivity contribution in [3.8, 4) is 0 Å². The Kier molecular flexibility index (Phi) is 3.93. The normalized spacial score (nSPS) is 12.8. The minimum absolute atomic E-state index is 0.125.